The van der Waals surface area contributed by atoms with Gasteiger partial charge < -0.3 is 45.5 Å². The molecule has 1 saturated heterocycles. The van der Waals surface area contributed by atoms with E-state index < -0.39 is 111 Å². The molecule has 6 N–H and O–H groups in total. The fraction of sp³-hybridized carbons (Fsp3) is 0.680. The van der Waals surface area contributed by atoms with Crippen molar-refractivity contribution in [3.63, 3.8) is 0 Å². The first-order valence-corrected chi connectivity index (χ1v) is 37.7. The standard InChI is InChI=1S/C75H123N6O12P3/c1-31-79(32-2)64(85)73(25,26)46-37-52(67(7,8)9)49(53(38-46)68(10,11)12)43-58(76)61(82)88-94-91-95(89-62(83)59(77)44-50-54(69(13,14)15)39-47(40-55(50)70(16,17)18)74(27,28)65(86)80(33-3)34-4)93-96(92-94)90-63(84)60(78)45-51-56(71(19,20)21)41-48(42-57(51)72(22,23)24)75(29,30)66(87)81(35-5)36-6/h37-42,58-60H,31-36,43-45,76-78H2,1-30H3/t58-,59-,60-,94?,95?,96?/m0/s1. The zero-order chi connectivity index (χ0) is 73.9. The highest BCUT2D eigenvalue weighted by molar-refractivity contribution is 7.69. The minimum atomic E-state index is -2.87. The number of nitrogens with zero attached hydrogens (tertiary/aromatic N) is 3. The van der Waals surface area contributed by atoms with Crippen molar-refractivity contribution in [3.05, 3.63) is 103 Å². The van der Waals surface area contributed by atoms with Gasteiger partial charge in [-0.1, -0.05) is 161 Å². The van der Waals surface area contributed by atoms with Crippen molar-refractivity contribution in [2.45, 2.75) is 294 Å². The van der Waals surface area contributed by atoms with Gasteiger partial charge >= 0.3 is 43.7 Å². The maximum absolute atomic E-state index is 14.6. The number of nitrogens with two attached hydrogens (primary N) is 3. The van der Waals surface area contributed by atoms with Crippen molar-refractivity contribution in [1.82, 2.24) is 14.7 Å². The number of rotatable bonds is 24. The molecule has 21 heteroatoms. The van der Waals surface area contributed by atoms with Crippen LogP contribution in [0.1, 0.15) is 274 Å². The van der Waals surface area contributed by atoms with E-state index in [1.165, 1.54) is 0 Å². The van der Waals surface area contributed by atoms with Crippen LogP contribution in [0.4, 0.5) is 0 Å². The van der Waals surface area contributed by atoms with Crippen LogP contribution in [0, 0.1) is 0 Å². The van der Waals surface area contributed by atoms with Gasteiger partial charge in [-0.2, -0.15) is 0 Å². The molecule has 540 valence electrons. The molecule has 1 heterocycles. The van der Waals surface area contributed by atoms with Gasteiger partial charge in [0.25, 0.3) is 0 Å². The summed E-state index contributed by atoms with van der Waals surface area (Å²) in [5.74, 6) is -2.78. The van der Waals surface area contributed by atoms with Crippen LogP contribution >= 0.6 is 25.8 Å². The van der Waals surface area contributed by atoms with E-state index in [0.29, 0.717) is 39.3 Å². The second-order valence-electron chi connectivity index (χ2n) is 33.5. The smallest absolute Gasteiger partial charge is 0.392 e. The topological polar surface area (TPSA) is 246 Å². The van der Waals surface area contributed by atoms with Crippen molar-refractivity contribution in [1.29, 1.82) is 0 Å². The zero-order valence-corrected chi connectivity index (χ0v) is 67.1. The molecular weight excluding hydrogens is 1270 g/mol. The second kappa shape index (κ2) is 31.6. The van der Waals surface area contributed by atoms with Gasteiger partial charge in [0.2, 0.25) is 17.7 Å². The van der Waals surface area contributed by atoms with Crippen LogP contribution in [-0.4, -0.2) is 108 Å². The maximum atomic E-state index is 14.6. The van der Waals surface area contributed by atoms with Crippen molar-refractivity contribution in [3.8, 4) is 0 Å². The Bertz CT molecular complexity index is 2820. The van der Waals surface area contributed by atoms with Crippen molar-refractivity contribution < 1.29 is 55.3 Å². The third kappa shape index (κ3) is 20.0. The lowest BCUT2D eigenvalue weighted by Gasteiger charge is -2.36. The van der Waals surface area contributed by atoms with Crippen LogP contribution in [0.3, 0.4) is 0 Å². The van der Waals surface area contributed by atoms with E-state index >= 15 is 0 Å². The highest BCUT2D eigenvalue weighted by atomic mass is 31.3. The molecule has 0 aromatic heterocycles. The lowest BCUT2D eigenvalue weighted by molar-refractivity contribution is -0.138. The van der Waals surface area contributed by atoms with Crippen LogP contribution in [-0.2, 0) is 123 Å². The Balaban J connectivity index is 1.85. The summed E-state index contributed by atoms with van der Waals surface area (Å²) in [6.45, 7) is 64.2. The Kier molecular flexibility index (Phi) is 27.6. The lowest BCUT2D eigenvalue weighted by atomic mass is 9.70. The van der Waals surface area contributed by atoms with Gasteiger partial charge in [0.1, 0.15) is 18.1 Å². The quantitative estimate of drug-likeness (QED) is 0.0706. The summed E-state index contributed by atoms with van der Waals surface area (Å²) in [7, 11) is -8.60. The van der Waals surface area contributed by atoms with Gasteiger partial charge in [0, 0.05) is 39.3 Å². The van der Waals surface area contributed by atoms with Crippen LogP contribution < -0.4 is 17.2 Å². The predicted molar refractivity (Wildman–Crippen MR) is 392 cm³/mol. The van der Waals surface area contributed by atoms with Gasteiger partial charge in [0.15, 0.2) is 0 Å². The molecular formula is C75H123N6O12P3. The van der Waals surface area contributed by atoms with Gasteiger partial charge in [-0.3, -0.25) is 28.8 Å². The Morgan fingerprint density at radius 2 is 0.490 bits per heavy atom. The first-order valence-electron chi connectivity index (χ1n) is 34.4. The van der Waals surface area contributed by atoms with Crippen LogP contribution in [0.15, 0.2) is 36.4 Å². The SMILES string of the molecule is CCN(CC)C(=O)C(C)(C)c1cc(C(C)(C)C)c(C[C@H](N)C(=O)OP2OP(OC(=O)[C@@H](N)Cc3c(C(C)(C)C)cc(C(C)(C)C(=O)N(CC)CC)cc3C(C)(C)C)OP(OC(=O)[C@@H](N)Cc3c(C(C)(C)C)cc(C(C)(C)C(=O)N(CC)CC)cc3C(C)(C)C)O2)c(C(C)(C)C)c1. The number of likely N-dealkylation sites (N-methyl/N-ethyl adjacent to an activating group) is 3. The number of hydrogen-bond acceptors (Lipinski definition) is 15. The zero-order valence-electron chi connectivity index (χ0n) is 64.4. The molecule has 0 radical (unpaired) electrons. The van der Waals surface area contributed by atoms with Crippen LogP contribution in [0.2, 0.25) is 0 Å². The molecule has 0 saturated carbocycles. The minimum absolute atomic E-state index is 0.00102. The van der Waals surface area contributed by atoms with Crippen LogP contribution in [0.5, 0.6) is 0 Å². The molecule has 3 amide bonds. The summed E-state index contributed by atoms with van der Waals surface area (Å²) < 4.78 is 36.4. The molecule has 0 unspecified atom stereocenters. The van der Waals surface area contributed by atoms with Crippen molar-refractivity contribution >= 4 is 61.4 Å². The summed E-state index contributed by atoms with van der Waals surface area (Å²) >= 11 is 0. The summed E-state index contributed by atoms with van der Waals surface area (Å²) in [4.78, 5) is 91.8. The normalized spacial score (nSPS) is 17.3. The number of hydrogen-bond donors (Lipinski definition) is 3. The largest absolute Gasteiger partial charge is 0.415 e. The number of amides is 3. The van der Waals surface area contributed by atoms with E-state index in [1.54, 1.807) is 0 Å². The fourth-order valence-electron chi connectivity index (χ4n) is 12.5. The molecule has 18 nitrogen and oxygen atoms in total. The molecule has 1 aliphatic rings. The van der Waals surface area contributed by atoms with E-state index in [-0.39, 0.29) is 37.0 Å². The summed E-state index contributed by atoms with van der Waals surface area (Å²) in [5, 5.41) is 0. The molecule has 1 fully saturated rings. The van der Waals surface area contributed by atoms with E-state index in [4.69, 9.17) is 43.7 Å². The monoisotopic (exact) mass is 1390 g/mol. The van der Waals surface area contributed by atoms with E-state index in [9.17, 15) is 28.8 Å². The Labute approximate surface area is 582 Å². The van der Waals surface area contributed by atoms with Gasteiger partial charge in [0.05, 0.1) is 16.2 Å². The van der Waals surface area contributed by atoms with E-state index in [0.717, 1.165) is 66.8 Å². The van der Waals surface area contributed by atoms with E-state index in [2.05, 4.69) is 161 Å². The second-order valence-corrected chi connectivity index (χ2v) is 37.4. The summed E-state index contributed by atoms with van der Waals surface area (Å²) in [6, 6.07) is 8.38. The predicted octanol–water partition coefficient (Wildman–Crippen LogP) is 15.3. The Morgan fingerprint density at radius 3 is 0.625 bits per heavy atom. The highest BCUT2D eigenvalue weighted by Crippen LogP contribution is 2.73. The minimum Gasteiger partial charge on any atom is -0.392 e. The third-order valence-corrected chi connectivity index (χ3v) is 22.8. The number of benzene rings is 3. The van der Waals surface area contributed by atoms with Crippen LogP contribution in [0.25, 0.3) is 0 Å². The molecule has 0 aliphatic carbocycles. The third-order valence-electron chi connectivity index (χ3n) is 18.6. The Hall–Kier alpha value is -4.47. The van der Waals surface area contributed by atoms with Crippen molar-refractivity contribution in [2.24, 2.45) is 17.2 Å². The fourth-order valence-corrected chi connectivity index (χ4v) is 16.6. The molecule has 1 aliphatic heterocycles. The molecule has 0 spiro atoms. The molecule has 0 bridgehead atoms. The van der Waals surface area contributed by atoms with Crippen molar-refractivity contribution in [2.75, 3.05) is 39.3 Å². The van der Waals surface area contributed by atoms with Gasteiger partial charge in [-0.25, -0.2) is 12.9 Å². The highest BCUT2D eigenvalue weighted by Gasteiger charge is 2.47. The average molecular weight is 1390 g/mol. The molecule has 3 aromatic rings. The molecule has 96 heavy (non-hydrogen) atoms. The summed E-state index contributed by atoms with van der Waals surface area (Å²) in [6.07, 6.45) is 0.0275. The van der Waals surface area contributed by atoms with Gasteiger partial charge in [-0.05, 0) is 202 Å². The van der Waals surface area contributed by atoms with Gasteiger partial charge in [-0.15, -0.1) is 0 Å². The summed E-state index contributed by atoms with van der Waals surface area (Å²) in [5.41, 5.74) is 25.5. The Morgan fingerprint density at radius 1 is 0.333 bits per heavy atom. The molecule has 3 aromatic carbocycles. The first-order chi connectivity index (χ1) is 43.6. The lowest BCUT2D eigenvalue weighted by Crippen LogP contribution is -2.44. The van der Waals surface area contributed by atoms with E-state index in [1.807, 2.05) is 97.8 Å². The first kappa shape index (κ1) is 83.9. The molecule has 3 atom stereocenters. The number of carbonyl (C=O) groups excluding carboxylic acids is 6. The molecule has 4 rings (SSSR count). The average Bonchev–Trinajstić information content (AvgIpc) is 0.766. The number of carbonyl (C=O) groups is 6. The maximum Gasteiger partial charge on any atom is 0.415 e.